The van der Waals surface area contributed by atoms with Crippen molar-refractivity contribution in [2.75, 3.05) is 14.2 Å². The topological polar surface area (TPSA) is 72.8 Å². The van der Waals surface area contributed by atoms with Crippen LogP contribution in [0.15, 0.2) is 23.3 Å². The lowest BCUT2D eigenvalue weighted by Crippen LogP contribution is -2.54. The Morgan fingerprint density at radius 3 is 2.58 bits per heavy atom. The number of methoxy groups -OCH3 is 2. The number of ether oxygens (including phenoxy) is 2. The van der Waals surface area contributed by atoms with Crippen LogP contribution in [-0.4, -0.2) is 37.4 Å². The molecule has 0 aromatic rings. The molecular weight excluding hydrogens is 332 g/mol. The van der Waals surface area contributed by atoms with Crippen LogP contribution >= 0.6 is 0 Å². The second-order valence-corrected chi connectivity index (χ2v) is 8.74. The van der Waals surface area contributed by atoms with Crippen molar-refractivity contribution >= 4 is 11.9 Å². The van der Waals surface area contributed by atoms with E-state index in [2.05, 4.69) is 6.58 Å². The molecule has 0 aromatic heterocycles. The fourth-order valence-corrected chi connectivity index (χ4v) is 6.71. The van der Waals surface area contributed by atoms with Crippen molar-refractivity contribution in [3.63, 3.8) is 0 Å². The number of aliphatic hydroxyl groups is 1. The normalized spacial score (nSPS) is 43.8. The van der Waals surface area contributed by atoms with Crippen molar-refractivity contribution in [2.24, 2.45) is 28.6 Å². The van der Waals surface area contributed by atoms with E-state index in [9.17, 15) is 14.7 Å². The molecule has 4 aliphatic carbocycles. The standard InChI is InChI=1S/C21H28O5/c1-11-9-21-10-12(11)5-7-14(21)13-6-8-15(22)20(2,19(24)26-4)16(13)17(21)18(23)25-3/h12,15-17,22H,1,5-10H2,2-4H3. The van der Waals surface area contributed by atoms with Crippen molar-refractivity contribution in [3.8, 4) is 0 Å². The summed E-state index contributed by atoms with van der Waals surface area (Å²) in [4.78, 5) is 25.8. The van der Waals surface area contributed by atoms with Gasteiger partial charge in [0.25, 0.3) is 0 Å². The average Bonchev–Trinajstić information content (AvgIpc) is 3.07. The summed E-state index contributed by atoms with van der Waals surface area (Å²) >= 11 is 0. The first-order valence-electron chi connectivity index (χ1n) is 9.55. The quantitative estimate of drug-likeness (QED) is 0.605. The summed E-state index contributed by atoms with van der Waals surface area (Å²) in [6.45, 7) is 6.04. The molecule has 1 N–H and O–H groups in total. The van der Waals surface area contributed by atoms with Crippen LogP contribution in [0.3, 0.4) is 0 Å². The summed E-state index contributed by atoms with van der Waals surface area (Å²) in [5.74, 6) is -1.07. The number of hydrogen-bond donors (Lipinski definition) is 1. The zero-order chi connectivity index (χ0) is 18.9. The number of carbonyl (C=O) groups excluding carboxylic acids is 2. The van der Waals surface area contributed by atoms with E-state index in [4.69, 9.17) is 9.47 Å². The van der Waals surface area contributed by atoms with E-state index < -0.39 is 23.4 Å². The maximum absolute atomic E-state index is 13.0. The lowest BCUT2D eigenvalue weighted by molar-refractivity contribution is -0.173. The van der Waals surface area contributed by atoms with Gasteiger partial charge in [-0.2, -0.15) is 0 Å². The van der Waals surface area contributed by atoms with Gasteiger partial charge in [-0.05, 0) is 51.4 Å². The molecule has 5 nitrogen and oxygen atoms in total. The highest BCUT2D eigenvalue weighted by Crippen LogP contribution is 2.71. The van der Waals surface area contributed by atoms with Gasteiger partial charge in [0.05, 0.1) is 31.7 Å². The first kappa shape index (κ1) is 17.8. The molecule has 5 heteroatoms. The molecule has 26 heavy (non-hydrogen) atoms. The van der Waals surface area contributed by atoms with Crippen molar-refractivity contribution in [1.29, 1.82) is 0 Å². The predicted molar refractivity (Wildman–Crippen MR) is 94.9 cm³/mol. The average molecular weight is 360 g/mol. The van der Waals surface area contributed by atoms with Gasteiger partial charge in [-0.25, -0.2) is 0 Å². The summed E-state index contributed by atoms with van der Waals surface area (Å²) in [7, 11) is 2.76. The number of fused-ring (bicyclic) bond motifs is 2. The third-order valence-electron chi connectivity index (χ3n) is 7.87. The van der Waals surface area contributed by atoms with Crippen LogP contribution in [0.4, 0.5) is 0 Å². The van der Waals surface area contributed by atoms with E-state index in [1.807, 2.05) is 0 Å². The fraction of sp³-hybridized carbons (Fsp3) is 0.714. The van der Waals surface area contributed by atoms with Gasteiger partial charge in [0.15, 0.2) is 0 Å². The van der Waals surface area contributed by atoms with Gasteiger partial charge in [0.2, 0.25) is 0 Å². The molecule has 6 unspecified atom stereocenters. The maximum Gasteiger partial charge on any atom is 0.314 e. The van der Waals surface area contributed by atoms with Crippen molar-refractivity contribution in [2.45, 2.75) is 51.6 Å². The maximum atomic E-state index is 13.0. The highest BCUT2D eigenvalue weighted by molar-refractivity contribution is 5.83. The lowest BCUT2D eigenvalue weighted by Gasteiger charge is -2.46. The highest BCUT2D eigenvalue weighted by Gasteiger charge is 2.68. The minimum absolute atomic E-state index is 0.276. The first-order valence-corrected chi connectivity index (χ1v) is 9.55. The molecule has 3 fully saturated rings. The Bertz CT molecular complexity index is 722. The minimum atomic E-state index is -1.13. The van der Waals surface area contributed by atoms with Gasteiger partial charge in [-0.15, -0.1) is 0 Å². The van der Waals surface area contributed by atoms with Crippen molar-refractivity contribution in [1.82, 2.24) is 0 Å². The fourth-order valence-electron chi connectivity index (χ4n) is 6.71. The van der Waals surface area contributed by atoms with Crippen LogP contribution in [-0.2, 0) is 19.1 Å². The predicted octanol–water partition coefficient (Wildman–Crippen LogP) is 2.78. The van der Waals surface area contributed by atoms with Crippen LogP contribution in [0.5, 0.6) is 0 Å². The van der Waals surface area contributed by atoms with Gasteiger partial charge in [-0.1, -0.05) is 23.3 Å². The zero-order valence-corrected chi connectivity index (χ0v) is 15.8. The van der Waals surface area contributed by atoms with Crippen LogP contribution in [0.1, 0.15) is 45.4 Å². The van der Waals surface area contributed by atoms with E-state index in [1.165, 1.54) is 30.9 Å². The molecule has 0 aromatic carbocycles. The molecule has 0 aliphatic heterocycles. The Balaban J connectivity index is 1.92. The minimum Gasteiger partial charge on any atom is -0.469 e. The zero-order valence-electron chi connectivity index (χ0n) is 15.8. The third kappa shape index (κ3) is 1.95. The summed E-state index contributed by atoms with van der Waals surface area (Å²) in [6.07, 6.45) is 4.16. The van der Waals surface area contributed by atoms with E-state index >= 15 is 0 Å². The molecule has 4 rings (SSSR count). The van der Waals surface area contributed by atoms with Gasteiger partial charge >= 0.3 is 11.9 Å². The molecule has 2 bridgehead atoms. The first-order chi connectivity index (χ1) is 12.3. The highest BCUT2D eigenvalue weighted by atomic mass is 16.5. The molecule has 0 heterocycles. The monoisotopic (exact) mass is 360 g/mol. The summed E-state index contributed by atoms with van der Waals surface area (Å²) in [5.41, 5.74) is 2.35. The van der Waals surface area contributed by atoms with E-state index in [0.717, 1.165) is 32.1 Å². The SMILES string of the molecule is C=C1CC23CC1CCC2=C1CCC(O)C(C)(C(=O)OC)C1C3C(=O)OC. The summed E-state index contributed by atoms with van der Waals surface area (Å²) < 4.78 is 10.3. The van der Waals surface area contributed by atoms with Gasteiger partial charge in [-0.3, -0.25) is 9.59 Å². The summed E-state index contributed by atoms with van der Waals surface area (Å²) in [5, 5.41) is 10.8. The van der Waals surface area contributed by atoms with Crippen LogP contribution in [0.2, 0.25) is 0 Å². The Morgan fingerprint density at radius 1 is 1.19 bits per heavy atom. The number of carbonyl (C=O) groups is 2. The van der Waals surface area contributed by atoms with Crippen molar-refractivity contribution in [3.05, 3.63) is 23.3 Å². The molecule has 142 valence electrons. The van der Waals surface area contributed by atoms with E-state index in [0.29, 0.717) is 12.3 Å². The smallest absolute Gasteiger partial charge is 0.314 e. The largest absolute Gasteiger partial charge is 0.469 e. The van der Waals surface area contributed by atoms with E-state index in [-0.39, 0.29) is 17.3 Å². The van der Waals surface area contributed by atoms with Crippen LogP contribution < -0.4 is 0 Å². The number of rotatable bonds is 2. The Kier molecular flexibility index (Phi) is 3.89. The van der Waals surface area contributed by atoms with Gasteiger partial charge in [0, 0.05) is 11.3 Å². The molecule has 0 radical (unpaired) electrons. The number of esters is 2. The molecule has 1 spiro atoms. The van der Waals surface area contributed by atoms with Crippen molar-refractivity contribution < 1.29 is 24.2 Å². The molecule has 0 amide bonds. The lowest BCUT2D eigenvalue weighted by atomic mass is 9.58. The second-order valence-electron chi connectivity index (χ2n) is 8.74. The Hall–Kier alpha value is -1.62. The summed E-state index contributed by atoms with van der Waals surface area (Å²) in [6, 6.07) is 0. The molecule has 3 saturated carbocycles. The number of allylic oxidation sites excluding steroid dienone is 3. The van der Waals surface area contributed by atoms with Crippen LogP contribution in [0, 0.1) is 28.6 Å². The number of aliphatic hydroxyl groups excluding tert-OH is 1. The molecular formula is C21H28O5. The molecule has 4 aliphatic rings. The Morgan fingerprint density at radius 2 is 1.92 bits per heavy atom. The third-order valence-corrected chi connectivity index (χ3v) is 7.87. The van der Waals surface area contributed by atoms with Gasteiger partial charge in [0.1, 0.15) is 0 Å². The van der Waals surface area contributed by atoms with E-state index in [1.54, 1.807) is 6.92 Å². The van der Waals surface area contributed by atoms with Crippen LogP contribution in [0.25, 0.3) is 0 Å². The van der Waals surface area contributed by atoms with Gasteiger partial charge < -0.3 is 14.6 Å². The molecule has 6 atom stereocenters. The second kappa shape index (κ2) is 5.69. The molecule has 0 saturated heterocycles. The number of hydrogen-bond acceptors (Lipinski definition) is 5. The Labute approximate surface area is 154 Å².